The molecule has 0 amide bonds. The smallest absolute Gasteiger partial charge is 0.166 e. The second-order valence-electron chi connectivity index (χ2n) is 16.5. The van der Waals surface area contributed by atoms with Crippen LogP contribution >= 0.6 is 0 Å². The van der Waals surface area contributed by atoms with Gasteiger partial charge in [0, 0.05) is 49.2 Å². The lowest BCUT2D eigenvalue weighted by molar-refractivity contribution is 0.669. The van der Waals surface area contributed by atoms with E-state index in [2.05, 4.69) is 214 Å². The first kappa shape index (κ1) is 34.9. The highest BCUT2D eigenvalue weighted by molar-refractivity contribution is 6.12. The van der Waals surface area contributed by atoms with Gasteiger partial charge < -0.3 is 8.98 Å². The molecular weight excluding hydrogens is 783 g/mol. The molecule has 9 aromatic carbocycles. The summed E-state index contributed by atoms with van der Waals surface area (Å²) < 4.78 is 13.5. The number of para-hydroxylation sites is 7. The normalized spacial score (nSPS) is 12.1. The first-order valence-corrected chi connectivity index (χ1v) is 21.7. The molecule has 0 spiro atoms. The van der Waals surface area contributed by atoms with Gasteiger partial charge in [-0.1, -0.05) is 146 Å². The van der Waals surface area contributed by atoms with Gasteiger partial charge in [0.25, 0.3) is 0 Å². The maximum absolute atomic E-state index is 6.53. The molecule has 64 heavy (non-hydrogen) atoms. The van der Waals surface area contributed by atoms with Crippen molar-refractivity contribution in [2.45, 2.75) is 0 Å². The summed E-state index contributed by atoms with van der Waals surface area (Å²) in [6.07, 6.45) is 0. The maximum atomic E-state index is 6.53. The summed E-state index contributed by atoms with van der Waals surface area (Å²) in [6.45, 7) is 0. The minimum Gasteiger partial charge on any atom is -0.456 e. The van der Waals surface area contributed by atoms with Crippen LogP contribution in [0.2, 0.25) is 0 Å². The Bertz CT molecular complexity index is 3930. The number of hydrogen-bond donors (Lipinski definition) is 0. The van der Waals surface area contributed by atoms with Crippen molar-refractivity contribution in [3.05, 3.63) is 212 Å². The molecule has 6 heteroatoms. The highest BCUT2D eigenvalue weighted by Crippen LogP contribution is 2.43. The Morgan fingerprint density at radius 1 is 0.312 bits per heavy atom. The predicted molar refractivity (Wildman–Crippen MR) is 263 cm³/mol. The van der Waals surface area contributed by atoms with Gasteiger partial charge in [-0.25, -0.2) is 9.97 Å². The second-order valence-corrected chi connectivity index (χ2v) is 16.5. The number of benzene rings is 9. The SMILES string of the molecule is c1cc(-c2ccc3c(c2)oc2ccccc23)c(-c2nc(-n3c4ccccc4c4ccccc43)cc(-n3c4ccccc4c4ccccc43)n2)c(-n2c3ccccc3c3ccccc32)c1. The molecule has 0 N–H and O–H groups in total. The highest BCUT2D eigenvalue weighted by Gasteiger charge is 2.25. The molecule has 0 aliphatic rings. The van der Waals surface area contributed by atoms with Gasteiger partial charge in [-0.05, 0) is 71.8 Å². The molecular formula is C58H35N5O. The van der Waals surface area contributed by atoms with Gasteiger partial charge in [0.2, 0.25) is 0 Å². The van der Waals surface area contributed by atoms with E-state index in [0.717, 1.165) is 89.1 Å². The molecule has 0 saturated heterocycles. The fraction of sp³-hybridized carbons (Fsp3) is 0. The van der Waals surface area contributed by atoms with Gasteiger partial charge >= 0.3 is 0 Å². The Morgan fingerprint density at radius 2 is 0.719 bits per heavy atom. The number of furan rings is 1. The number of hydrogen-bond acceptors (Lipinski definition) is 3. The lowest BCUT2D eigenvalue weighted by Crippen LogP contribution is -2.08. The Labute approximate surface area is 366 Å². The molecule has 0 aliphatic heterocycles. The van der Waals surface area contributed by atoms with Crippen molar-refractivity contribution >= 4 is 87.4 Å². The Balaban J connectivity index is 1.15. The molecule has 14 aromatic rings. The molecule has 0 aliphatic carbocycles. The minimum absolute atomic E-state index is 0.605. The van der Waals surface area contributed by atoms with Crippen LogP contribution in [0.3, 0.4) is 0 Å². The summed E-state index contributed by atoms with van der Waals surface area (Å²) in [7, 11) is 0. The predicted octanol–water partition coefficient (Wildman–Crippen LogP) is 15.0. The quantitative estimate of drug-likeness (QED) is 0.174. The first-order chi connectivity index (χ1) is 31.8. The van der Waals surface area contributed by atoms with Crippen molar-refractivity contribution in [3.63, 3.8) is 0 Å². The van der Waals surface area contributed by atoms with Crippen LogP contribution in [0, 0.1) is 0 Å². The Kier molecular flexibility index (Phi) is 7.30. The second kappa shape index (κ2) is 13.4. The number of fused-ring (bicyclic) bond motifs is 12. The van der Waals surface area contributed by atoms with E-state index >= 15 is 0 Å². The zero-order valence-electron chi connectivity index (χ0n) is 34.4. The van der Waals surface area contributed by atoms with E-state index < -0.39 is 0 Å². The van der Waals surface area contributed by atoms with Crippen molar-refractivity contribution in [2.24, 2.45) is 0 Å². The zero-order chi connectivity index (χ0) is 41.9. The monoisotopic (exact) mass is 817 g/mol. The summed E-state index contributed by atoms with van der Waals surface area (Å²) >= 11 is 0. The van der Waals surface area contributed by atoms with E-state index in [1.165, 1.54) is 32.3 Å². The molecule has 298 valence electrons. The van der Waals surface area contributed by atoms with Crippen LogP contribution in [0.5, 0.6) is 0 Å². The first-order valence-electron chi connectivity index (χ1n) is 21.7. The van der Waals surface area contributed by atoms with E-state index in [0.29, 0.717) is 5.82 Å². The minimum atomic E-state index is 0.605. The van der Waals surface area contributed by atoms with E-state index in [9.17, 15) is 0 Å². The van der Waals surface area contributed by atoms with E-state index in [-0.39, 0.29) is 0 Å². The van der Waals surface area contributed by atoms with Gasteiger partial charge in [-0.15, -0.1) is 0 Å². The number of rotatable bonds is 5. The molecule has 0 fully saturated rings. The van der Waals surface area contributed by atoms with Crippen molar-refractivity contribution < 1.29 is 4.42 Å². The van der Waals surface area contributed by atoms with Gasteiger partial charge in [0.05, 0.1) is 44.4 Å². The van der Waals surface area contributed by atoms with Gasteiger partial charge in [0.1, 0.15) is 22.8 Å². The number of nitrogens with zero attached hydrogens (tertiary/aromatic N) is 5. The molecule has 6 nitrogen and oxygen atoms in total. The summed E-state index contributed by atoms with van der Waals surface area (Å²) in [5.41, 5.74) is 12.1. The third-order valence-electron chi connectivity index (χ3n) is 13.1. The van der Waals surface area contributed by atoms with Crippen LogP contribution in [0.25, 0.3) is 127 Å². The van der Waals surface area contributed by atoms with Crippen molar-refractivity contribution in [1.82, 2.24) is 23.7 Å². The van der Waals surface area contributed by atoms with Crippen molar-refractivity contribution in [2.75, 3.05) is 0 Å². The third kappa shape index (κ3) is 4.96. The largest absolute Gasteiger partial charge is 0.456 e. The standard InChI is InChI=1S/C58H35N5O/c1-8-24-46-38(16-1)39-17-2-9-25-47(39)61(46)52-30-15-23-37(36-32-33-45-44-22-7-14-31-53(44)64-54(45)34-36)57(52)58-59-55(62-48-26-10-3-18-40(48)41-19-4-11-27-49(41)62)35-56(60-58)63-50-28-12-5-20-42(50)43-21-6-13-29-51(43)63/h1-35H. The van der Waals surface area contributed by atoms with E-state index in [4.69, 9.17) is 14.4 Å². The molecule has 0 atom stereocenters. The fourth-order valence-corrected chi connectivity index (χ4v) is 10.4. The lowest BCUT2D eigenvalue weighted by Gasteiger charge is -2.19. The third-order valence-corrected chi connectivity index (χ3v) is 13.1. The van der Waals surface area contributed by atoms with Crippen molar-refractivity contribution in [1.29, 1.82) is 0 Å². The van der Waals surface area contributed by atoms with Gasteiger partial charge in [-0.2, -0.15) is 0 Å². The highest BCUT2D eigenvalue weighted by atomic mass is 16.3. The van der Waals surface area contributed by atoms with Gasteiger partial charge in [-0.3, -0.25) is 9.13 Å². The average molecular weight is 818 g/mol. The van der Waals surface area contributed by atoms with Crippen LogP contribution in [0.1, 0.15) is 0 Å². The van der Waals surface area contributed by atoms with Crippen LogP contribution < -0.4 is 0 Å². The van der Waals surface area contributed by atoms with Gasteiger partial charge in [0.15, 0.2) is 5.82 Å². The number of aromatic nitrogens is 5. The van der Waals surface area contributed by atoms with E-state index in [1.54, 1.807) is 0 Å². The fourth-order valence-electron chi connectivity index (χ4n) is 10.4. The topological polar surface area (TPSA) is 53.7 Å². The molecule has 14 rings (SSSR count). The van der Waals surface area contributed by atoms with Crippen LogP contribution in [0.15, 0.2) is 217 Å². The summed E-state index contributed by atoms with van der Waals surface area (Å²) in [5.74, 6) is 2.15. The molecule has 0 saturated carbocycles. The van der Waals surface area contributed by atoms with Crippen LogP contribution in [-0.2, 0) is 0 Å². The maximum Gasteiger partial charge on any atom is 0.166 e. The molecule has 0 unspecified atom stereocenters. The van der Waals surface area contributed by atoms with Crippen molar-refractivity contribution in [3.8, 4) is 39.8 Å². The summed E-state index contributed by atoms with van der Waals surface area (Å²) in [4.78, 5) is 11.5. The Hall–Kier alpha value is -8.74. The summed E-state index contributed by atoms with van der Waals surface area (Å²) in [6, 6.07) is 75.4. The lowest BCUT2D eigenvalue weighted by atomic mass is 9.96. The summed E-state index contributed by atoms with van der Waals surface area (Å²) in [5, 5.41) is 9.22. The van der Waals surface area contributed by atoms with Crippen LogP contribution in [-0.4, -0.2) is 23.7 Å². The zero-order valence-corrected chi connectivity index (χ0v) is 34.4. The molecule has 5 aromatic heterocycles. The molecule has 5 heterocycles. The molecule has 0 bridgehead atoms. The Morgan fingerprint density at radius 3 is 1.20 bits per heavy atom. The average Bonchev–Trinajstić information content (AvgIpc) is 4.10. The van der Waals surface area contributed by atoms with Crippen LogP contribution in [0.4, 0.5) is 0 Å². The van der Waals surface area contributed by atoms with E-state index in [1.807, 2.05) is 12.1 Å². The molecule has 0 radical (unpaired) electrons.